The predicted octanol–water partition coefficient (Wildman–Crippen LogP) is 2.08. The van der Waals surface area contributed by atoms with E-state index in [0.717, 1.165) is 6.42 Å². The van der Waals surface area contributed by atoms with E-state index in [9.17, 15) is 4.79 Å². The lowest BCUT2D eigenvalue weighted by Gasteiger charge is -2.10. The molecule has 2 heterocycles. The zero-order valence-corrected chi connectivity index (χ0v) is 11.3. The second-order valence-electron chi connectivity index (χ2n) is 4.64. The Morgan fingerprint density at radius 3 is 2.71 bits per heavy atom. The molecule has 0 unspecified atom stereocenters. The SMILES string of the molecule is Nc1ccc(C(=O)Nc2ccc3c(c2)OCCCO3)nc1. The first-order valence-corrected chi connectivity index (χ1v) is 6.65. The van der Waals surface area contributed by atoms with Crippen molar-refractivity contribution in [2.75, 3.05) is 24.3 Å². The van der Waals surface area contributed by atoms with Crippen molar-refractivity contribution < 1.29 is 14.3 Å². The number of aromatic nitrogens is 1. The lowest BCUT2D eigenvalue weighted by Crippen LogP contribution is -2.13. The summed E-state index contributed by atoms with van der Waals surface area (Å²) in [6.45, 7) is 1.23. The molecule has 0 saturated heterocycles. The van der Waals surface area contributed by atoms with Gasteiger partial charge in [-0.2, -0.15) is 0 Å². The van der Waals surface area contributed by atoms with Gasteiger partial charge in [-0.15, -0.1) is 0 Å². The molecule has 1 aromatic carbocycles. The largest absolute Gasteiger partial charge is 0.490 e. The van der Waals surface area contributed by atoms with Crippen molar-refractivity contribution in [2.24, 2.45) is 0 Å². The van der Waals surface area contributed by atoms with Gasteiger partial charge in [0.25, 0.3) is 5.91 Å². The number of benzene rings is 1. The molecule has 6 heteroatoms. The maximum Gasteiger partial charge on any atom is 0.274 e. The number of ether oxygens (including phenoxy) is 2. The molecule has 0 atom stereocenters. The monoisotopic (exact) mass is 285 g/mol. The number of pyridine rings is 1. The molecule has 3 rings (SSSR count). The van der Waals surface area contributed by atoms with E-state index in [4.69, 9.17) is 15.2 Å². The normalized spacial score (nSPS) is 13.3. The lowest BCUT2D eigenvalue weighted by molar-refractivity contribution is 0.102. The molecule has 108 valence electrons. The first kappa shape index (κ1) is 13.2. The molecule has 1 aromatic heterocycles. The van der Waals surface area contributed by atoms with E-state index in [0.29, 0.717) is 41.8 Å². The summed E-state index contributed by atoms with van der Waals surface area (Å²) in [6.07, 6.45) is 2.29. The number of carbonyl (C=O) groups is 1. The summed E-state index contributed by atoms with van der Waals surface area (Å²) < 4.78 is 11.1. The van der Waals surface area contributed by atoms with Crippen LogP contribution in [0.2, 0.25) is 0 Å². The Bertz CT molecular complexity index is 656. The fourth-order valence-corrected chi connectivity index (χ4v) is 1.98. The minimum atomic E-state index is -0.301. The Kier molecular flexibility index (Phi) is 3.59. The number of hydrogen-bond acceptors (Lipinski definition) is 5. The maximum absolute atomic E-state index is 12.1. The number of nitrogens with zero attached hydrogens (tertiary/aromatic N) is 1. The van der Waals surface area contributed by atoms with E-state index in [1.807, 2.05) is 0 Å². The van der Waals surface area contributed by atoms with Crippen molar-refractivity contribution in [3.05, 3.63) is 42.2 Å². The van der Waals surface area contributed by atoms with E-state index in [2.05, 4.69) is 10.3 Å². The third kappa shape index (κ3) is 3.05. The number of nitrogens with two attached hydrogens (primary N) is 1. The Morgan fingerprint density at radius 1 is 1.14 bits per heavy atom. The van der Waals surface area contributed by atoms with Gasteiger partial charge in [0.15, 0.2) is 11.5 Å². The van der Waals surface area contributed by atoms with Crippen molar-refractivity contribution in [1.29, 1.82) is 0 Å². The fourth-order valence-electron chi connectivity index (χ4n) is 1.98. The van der Waals surface area contributed by atoms with Gasteiger partial charge in [0, 0.05) is 18.2 Å². The molecule has 0 aliphatic carbocycles. The number of nitrogens with one attached hydrogen (secondary N) is 1. The molecule has 0 spiro atoms. The standard InChI is InChI=1S/C15H15N3O3/c16-10-2-4-12(17-9-10)15(19)18-11-3-5-13-14(8-11)21-7-1-6-20-13/h2-5,8-9H,1,6-7,16H2,(H,18,19). The van der Waals surface area contributed by atoms with Gasteiger partial charge in [-0.05, 0) is 24.3 Å². The van der Waals surface area contributed by atoms with Gasteiger partial charge < -0.3 is 20.5 Å². The highest BCUT2D eigenvalue weighted by molar-refractivity contribution is 6.03. The van der Waals surface area contributed by atoms with Crippen LogP contribution in [-0.2, 0) is 0 Å². The van der Waals surface area contributed by atoms with Crippen molar-refractivity contribution in [3.63, 3.8) is 0 Å². The highest BCUT2D eigenvalue weighted by atomic mass is 16.5. The van der Waals surface area contributed by atoms with Crippen LogP contribution in [0.1, 0.15) is 16.9 Å². The number of rotatable bonds is 2. The van der Waals surface area contributed by atoms with E-state index in [-0.39, 0.29) is 5.91 Å². The third-order valence-corrected chi connectivity index (χ3v) is 3.02. The van der Waals surface area contributed by atoms with Crippen molar-refractivity contribution in [1.82, 2.24) is 4.98 Å². The molecule has 1 aliphatic rings. The van der Waals surface area contributed by atoms with E-state index < -0.39 is 0 Å². The van der Waals surface area contributed by atoms with Gasteiger partial charge in [-0.1, -0.05) is 0 Å². The number of amides is 1. The molecule has 1 aliphatic heterocycles. The molecule has 2 aromatic rings. The zero-order valence-electron chi connectivity index (χ0n) is 11.3. The summed E-state index contributed by atoms with van der Waals surface area (Å²) in [6, 6.07) is 8.51. The van der Waals surface area contributed by atoms with Crippen LogP contribution in [0.3, 0.4) is 0 Å². The minimum Gasteiger partial charge on any atom is -0.490 e. The van der Waals surface area contributed by atoms with Crippen LogP contribution >= 0.6 is 0 Å². The zero-order chi connectivity index (χ0) is 14.7. The molecule has 0 radical (unpaired) electrons. The molecular formula is C15H15N3O3. The van der Waals surface area contributed by atoms with Crippen LogP contribution in [-0.4, -0.2) is 24.1 Å². The molecule has 6 nitrogen and oxygen atoms in total. The molecule has 0 saturated carbocycles. The van der Waals surface area contributed by atoms with Gasteiger partial charge in [0.2, 0.25) is 0 Å². The molecule has 21 heavy (non-hydrogen) atoms. The second kappa shape index (κ2) is 5.70. The van der Waals surface area contributed by atoms with Crippen LogP contribution < -0.4 is 20.5 Å². The Hall–Kier alpha value is -2.76. The molecular weight excluding hydrogens is 270 g/mol. The number of hydrogen-bond donors (Lipinski definition) is 2. The molecule has 1 amide bonds. The molecule has 3 N–H and O–H groups in total. The van der Waals surface area contributed by atoms with Gasteiger partial charge in [-0.3, -0.25) is 4.79 Å². The Balaban J connectivity index is 1.77. The average molecular weight is 285 g/mol. The van der Waals surface area contributed by atoms with Gasteiger partial charge in [0.1, 0.15) is 5.69 Å². The van der Waals surface area contributed by atoms with Crippen molar-refractivity contribution in [2.45, 2.75) is 6.42 Å². The van der Waals surface area contributed by atoms with Gasteiger partial charge in [0.05, 0.1) is 25.1 Å². The predicted molar refractivity (Wildman–Crippen MR) is 78.7 cm³/mol. The first-order valence-electron chi connectivity index (χ1n) is 6.65. The quantitative estimate of drug-likeness (QED) is 0.882. The lowest BCUT2D eigenvalue weighted by atomic mass is 10.2. The summed E-state index contributed by atoms with van der Waals surface area (Å²) in [5.74, 6) is 1.02. The van der Waals surface area contributed by atoms with Crippen LogP contribution in [0.4, 0.5) is 11.4 Å². The third-order valence-electron chi connectivity index (χ3n) is 3.02. The van der Waals surface area contributed by atoms with E-state index in [1.165, 1.54) is 6.20 Å². The van der Waals surface area contributed by atoms with E-state index >= 15 is 0 Å². The van der Waals surface area contributed by atoms with Gasteiger partial charge >= 0.3 is 0 Å². The number of carbonyl (C=O) groups excluding carboxylic acids is 1. The number of fused-ring (bicyclic) bond motifs is 1. The number of anilines is 2. The first-order chi connectivity index (χ1) is 10.2. The minimum absolute atomic E-state index is 0.301. The Labute approximate surface area is 121 Å². The molecule has 0 fully saturated rings. The Morgan fingerprint density at radius 2 is 1.95 bits per heavy atom. The molecule has 0 bridgehead atoms. The highest BCUT2D eigenvalue weighted by Gasteiger charge is 2.13. The van der Waals surface area contributed by atoms with Crippen LogP contribution in [0.25, 0.3) is 0 Å². The maximum atomic E-state index is 12.1. The number of nitrogen functional groups attached to an aromatic ring is 1. The summed E-state index contributed by atoms with van der Waals surface area (Å²) in [5, 5.41) is 2.77. The second-order valence-corrected chi connectivity index (χ2v) is 4.64. The fraction of sp³-hybridized carbons (Fsp3) is 0.200. The van der Waals surface area contributed by atoms with E-state index in [1.54, 1.807) is 30.3 Å². The summed E-state index contributed by atoms with van der Waals surface area (Å²) >= 11 is 0. The summed E-state index contributed by atoms with van der Waals surface area (Å²) in [4.78, 5) is 16.1. The topological polar surface area (TPSA) is 86.5 Å². The van der Waals surface area contributed by atoms with Gasteiger partial charge in [-0.25, -0.2) is 4.98 Å². The van der Waals surface area contributed by atoms with Crippen LogP contribution in [0.15, 0.2) is 36.5 Å². The average Bonchev–Trinajstić information content (AvgIpc) is 2.72. The summed E-state index contributed by atoms with van der Waals surface area (Å²) in [7, 11) is 0. The summed E-state index contributed by atoms with van der Waals surface area (Å²) in [5.41, 5.74) is 6.99. The van der Waals surface area contributed by atoms with Crippen LogP contribution in [0.5, 0.6) is 11.5 Å². The smallest absolute Gasteiger partial charge is 0.274 e. The van der Waals surface area contributed by atoms with Crippen LogP contribution in [0, 0.1) is 0 Å². The van der Waals surface area contributed by atoms with Crippen molar-refractivity contribution in [3.8, 4) is 11.5 Å². The van der Waals surface area contributed by atoms with Crippen molar-refractivity contribution >= 4 is 17.3 Å². The highest BCUT2D eigenvalue weighted by Crippen LogP contribution is 2.32.